The van der Waals surface area contributed by atoms with Crippen LogP contribution in [0.5, 0.6) is 0 Å². The van der Waals surface area contributed by atoms with Gasteiger partial charge in [-0.15, -0.1) is 5.10 Å². The minimum atomic E-state index is -0.00329. The molecular formula is C15H22N4S. The molecule has 0 bridgehead atoms. The van der Waals surface area contributed by atoms with Gasteiger partial charge in [0.25, 0.3) is 0 Å². The highest BCUT2D eigenvalue weighted by atomic mass is 32.1. The van der Waals surface area contributed by atoms with Gasteiger partial charge in [0, 0.05) is 17.8 Å². The third-order valence-corrected chi connectivity index (χ3v) is 3.89. The highest BCUT2D eigenvalue weighted by Gasteiger charge is 2.27. The molecule has 4 nitrogen and oxygen atoms in total. The number of aromatic nitrogens is 3. The lowest BCUT2D eigenvalue weighted by Gasteiger charge is -2.22. The first-order chi connectivity index (χ1) is 9.54. The van der Waals surface area contributed by atoms with E-state index in [2.05, 4.69) is 53.6 Å². The highest BCUT2D eigenvalue weighted by Crippen LogP contribution is 2.33. The zero-order chi connectivity index (χ0) is 14.6. The molecule has 0 fully saturated rings. The minimum Gasteiger partial charge on any atom is -0.305 e. The Hall–Kier alpha value is -1.33. The Morgan fingerprint density at radius 1 is 1.35 bits per heavy atom. The summed E-state index contributed by atoms with van der Waals surface area (Å²) in [5.74, 6) is 0. The number of pyridine rings is 1. The second-order valence-corrected chi connectivity index (χ2v) is 6.69. The molecule has 2 rings (SSSR count). The Labute approximate surface area is 124 Å². The molecule has 0 aliphatic carbocycles. The van der Waals surface area contributed by atoms with Crippen molar-refractivity contribution in [3.05, 3.63) is 40.7 Å². The number of nitrogens with zero attached hydrogens (tertiary/aromatic N) is 3. The molecule has 2 heterocycles. The van der Waals surface area contributed by atoms with Crippen LogP contribution in [0.25, 0.3) is 0 Å². The summed E-state index contributed by atoms with van der Waals surface area (Å²) in [4.78, 5) is 5.43. The molecule has 108 valence electrons. The fourth-order valence-electron chi connectivity index (χ4n) is 2.10. The van der Waals surface area contributed by atoms with Gasteiger partial charge in [0.1, 0.15) is 0 Å². The summed E-state index contributed by atoms with van der Waals surface area (Å²) in [7, 11) is 0. The summed E-state index contributed by atoms with van der Waals surface area (Å²) in [6, 6.07) is 4.20. The maximum Gasteiger partial charge on any atom is 0.0860 e. The Morgan fingerprint density at radius 3 is 2.75 bits per heavy atom. The van der Waals surface area contributed by atoms with E-state index >= 15 is 0 Å². The lowest BCUT2D eigenvalue weighted by Crippen LogP contribution is -2.26. The third kappa shape index (κ3) is 3.41. The van der Waals surface area contributed by atoms with Crippen LogP contribution in [0.3, 0.4) is 0 Å². The van der Waals surface area contributed by atoms with Crippen LogP contribution >= 0.6 is 11.5 Å². The monoisotopic (exact) mass is 290 g/mol. The Morgan fingerprint density at radius 2 is 2.15 bits per heavy atom. The molecule has 20 heavy (non-hydrogen) atoms. The smallest absolute Gasteiger partial charge is 0.0860 e. The van der Waals surface area contributed by atoms with Crippen LogP contribution in [0.1, 0.15) is 56.3 Å². The van der Waals surface area contributed by atoms with Gasteiger partial charge in [0.15, 0.2) is 0 Å². The standard InChI is InChI=1S/C15H22N4S/c1-5-8-17-12(11-7-6-9-16-10-11)13-14(15(2,3)4)18-19-20-13/h6-7,9-10,12,17H,5,8H2,1-4H3. The van der Waals surface area contributed by atoms with E-state index in [-0.39, 0.29) is 11.5 Å². The number of hydrogen-bond donors (Lipinski definition) is 1. The van der Waals surface area contributed by atoms with Crippen molar-refractivity contribution in [1.82, 2.24) is 19.9 Å². The minimum absolute atomic E-state index is 0.00329. The van der Waals surface area contributed by atoms with Crippen molar-refractivity contribution >= 4 is 11.5 Å². The van der Waals surface area contributed by atoms with E-state index in [0.717, 1.165) is 24.2 Å². The summed E-state index contributed by atoms with van der Waals surface area (Å²) in [6.07, 6.45) is 4.81. The second kappa shape index (κ2) is 6.41. The van der Waals surface area contributed by atoms with Crippen LogP contribution in [0.4, 0.5) is 0 Å². The second-order valence-electron chi connectivity index (χ2n) is 5.91. The third-order valence-electron chi connectivity index (χ3n) is 3.10. The zero-order valence-electron chi connectivity index (χ0n) is 12.6. The van der Waals surface area contributed by atoms with E-state index in [1.165, 1.54) is 16.4 Å². The Kier molecular flexibility index (Phi) is 4.83. The summed E-state index contributed by atoms with van der Waals surface area (Å²) in [5, 5.41) is 7.94. The fourth-order valence-corrected chi connectivity index (χ4v) is 3.07. The zero-order valence-corrected chi connectivity index (χ0v) is 13.4. The van der Waals surface area contributed by atoms with Gasteiger partial charge in [-0.2, -0.15) is 0 Å². The molecule has 5 heteroatoms. The molecule has 0 amide bonds. The number of hydrogen-bond acceptors (Lipinski definition) is 5. The molecule has 0 aromatic carbocycles. The summed E-state index contributed by atoms with van der Waals surface area (Å²) in [6.45, 7) is 9.65. The molecular weight excluding hydrogens is 268 g/mol. The normalized spacial score (nSPS) is 13.4. The number of nitrogens with one attached hydrogen (secondary N) is 1. The van der Waals surface area contributed by atoms with Crippen molar-refractivity contribution in [1.29, 1.82) is 0 Å². The molecule has 0 aliphatic rings. The Bertz CT molecular complexity index is 530. The predicted molar refractivity (Wildman–Crippen MR) is 83.0 cm³/mol. The van der Waals surface area contributed by atoms with E-state index in [1.807, 2.05) is 12.3 Å². The van der Waals surface area contributed by atoms with Crippen molar-refractivity contribution in [3.63, 3.8) is 0 Å². The van der Waals surface area contributed by atoms with Crippen molar-refractivity contribution in [3.8, 4) is 0 Å². The first-order valence-corrected chi connectivity index (χ1v) is 7.77. The molecule has 2 aromatic rings. The highest BCUT2D eigenvalue weighted by molar-refractivity contribution is 7.05. The van der Waals surface area contributed by atoms with Crippen LogP contribution < -0.4 is 5.32 Å². The lowest BCUT2D eigenvalue weighted by molar-refractivity contribution is 0.537. The van der Waals surface area contributed by atoms with Gasteiger partial charge in [0.05, 0.1) is 16.6 Å². The van der Waals surface area contributed by atoms with Gasteiger partial charge >= 0.3 is 0 Å². The van der Waals surface area contributed by atoms with Crippen LogP contribution in [0, 0.1) is 0 Å². The van der Waals surface area contributed by atoms with E-state index in [1.54, 1.807) is 6.20 Å². The van der Waals surface area contributed by atoms with Gasteiger partial charge in [-0.1, -0.05) is 38.2 Å². The van der Waals surface area contributed by atoms with Gasteiger partial charge in [0.2, 0.25) is 0 Å². The maximum atomic E-state index is 4.35. The maximum absolute atomic E-state index is 4.35. The molecule has 0 saturated carbocycles. The molecule has 0 radical (unpaired) electrons. The largest absolute Gasteiger partial charge is 0.305 e. The summed E-state index contributed by atoms with van der Waals surface area (Å²) < 4.78 is 4.17. The van der Waals surface area contributed by atoms with Crippen LogP contribution in [-0.2, 0) is 5.41 Å². The average Bonchev–Trinajstić information content (AvgIpc) is 2.90. The van der Waals surface area contributed by atoms with E-state index in [0.29, 0.717) is 0 Å². The first kappa shape index (κ1) is 15.1. The van der Waals surface area contributed by atoms with Gasteiger partial charge in [-0.3, -0.25) is 4.98 Å². The summed E-state index contributed by atoms with van der Waals surface area (Å²) >= 11 is 1.48. The Balaban J connectivity index is 2.40. The molecule has 0 spiro atoms. The van der Waals surface area contributed by atoms with E-state index < -0.39 is 0 Å². The van der Waals surface area contributed by atoms with Crippen LogP contribution in [0.2, 0.25) is 0 Å². The molecule has 1 atom stereocenters. The van der Waals surface area contributed by atoms with Crippen molar-refractivity contribution in [2.24, 2.45) is 0 Å². The topological polar surface area (TPSA) is 50.7 Å². The summed E-state index contributed by atoms with van der Waals surface area (Å²) in [5.41, 5.74) is 2.23. The SMILES string of the molecule is CCCNC(c1cccnc1)c1snnc1C(C)(C)C. The van der Waals surface area contributed by atoms with Crippen molar-refractivity contribution < 1.29 is 0 Å². The van der Waals surface area contributed by atoms with Crippen molar-refractivity contribution in [2.45, 2.75) is 45.6 Å². The predicted octanol–water partition coefficient (Wildman–Crippen LogP) is 3.32. The number of rotatable bonds is 5. The molecule has 1 unspecified atom stereocenters. The first-order valence-electron chi connectivity index (χ1n) is 7.00. The average molecular weight is 290 g/mol. The molecule has 0 saturated heterocycles. The fraction of sp³-hybridized carbons (Fsp3) is 0.533. The molecule has 1 N–H and O–H groups in total. The van der Waals surface area contributed by atoms with Gasteiger partial charge < -0.3 is 5.32 Å². The van der Waals surface area contributed by atoms with Gasteiger partial charge in [-0.05, 0) is 36.1 Å². The quantitative estimate of drug-likeness (QED) is 0.917. The molecule has 2 aromatic heterocycles. The van der Waals surface area contributed by atoms with Crippen LogP contribution in [0.15, 0.2) is 24.5 Å². The van der Waals surface area contributed by atoms with Crippen LogP contribution in [-0.4, -0.2) is 21.1 Å². The lowest BCUT2D eigenvalue weighted by atomic mass is 9.89. The van der Waals surface area contributed by atoms with Crippen molar-refractivity contribution in [2.75, 3.05) is 6.54 Å². The molecule has 0 aliphatic heterocycles. The van der Waals surface area contributed by atoms with Gasteiger partial charge in [-0.25, -0.2) is 0 Å². The van der Waals surface area contributed by atoms with E-state index in [4.69, 9.17) is 0 Å². The van der Waals surface area contributed by atoms with E-state index in [9.17, 15) is 0 Å².